The molecule has 3 aromatic rings. The first-order valence-corrected chi connectivity index (χ1v) is 11.1. The van der Waals surface area contributed by atoms with Gasteiger partial charge in [0.2, 0.25) is 7.42 Å². The number of aromatic carboxylic acids is 1. The van der Waals surface area contributed by atoms with Crippen molar-refractivity contribution in [3.8, 4) is 0 Å². The smallest absolute Gasteiger partial charge is 0.336 e. The number of carboxylic acid groups (broad SMARTS) is 1. The van der Waals surface area contributed by atoms with Crippen molar-refractivity contribution in [2.45, 2.75) is 6.55 Å². The second kappa shape index (κ2) is 6.94. The van der Waals surface area contributed by atoms with Crippen LogP contribution in [0.5, 0.6) is 0 Å². The maximum atomic E-state index is 11.4. The fraction of sp³-hybridized carbons (Fsp3) is 0.0625. The van der Waals surface area contributed by atoms with Crippen LogP contribution in [-0.2, 0) is 0 Å². The Morgan fingerprint density at radius 3 is 1.71 bits per heavy atom. The van der Waals surface area contributed by atoms with E-state index < -0.39 is 13.4 Å². The van der Waals surface area contributed by atoms with E-state index in [1.165, 1.54) is 0 Å². The van der Waals surface area contributed by atoms with Crippen LogP contribution in [0.1, 0.15) is 10.4 Å². The van der Waals surface area contributed by atoms with Gasteiger partial charge >= 0.3 is 5.97 Å². The van der Waals surface area contributed by atoms with Crippen molar-refractivity contribution in [2.24, 2.45) is 0 Å². The fourth-order valence-electron chi connectivity index (χ4n) is 2.24. The Balaban J connectivity index is 0.000000361. The van der Waals surface area contributed by atoms with Crippen LogP contribution in [0.4, 0.5) is 0 Å². The maximum absolute atomic E-state index is 11.4. The quantitative estimate of drug-likeness (QED) is 0.385. The number of fused-ring (bicyclic) bond motifs is 2. The lowest BCUT2D eigenvalue weighted by Gasteiger charge is -2.07. The summed E-state index contributed by atoms with van der Waals surface area (Å²) in [4.78, 5) is 11.4. The lowest BCUT2D eigenvalue weighted by molar-refractivity contribution is 0.0701. The molecule has 0 radical (unpaired) electrons. The Morgan fingerprint density at radius 2 is 1.33 bits per heavy atom. The molecule has 3 rings (SSSR count). The van der Waals surface area contributed by atoms with Crippen molar-refractivity contribution >= 4 is 57.1 Å². The molecule has 0 aliphatic heterocycles. The normalized spacial score (nSPS) is 10.5. The zero-order chi connectivity index (χ0) is 15.4. The molecule has 0 saturated heterocycles. The third-order valence-corrected chi connectivity index (χ3v) is 2.99. The predicted molar refractivity (Wildman–Crippen MR) is 93.1 cm³/mol. The molecule has 0 aromatic heterocycles. The highest BCUT2D eigenvalue weighted by molar-refractivity contribution is 7.33. The van der Waals surface area contributed by atoms with Gasteiger partial charge in [0.15, 0.2) is 0 Å². The van der Waals surface area contributed by atoms with Crippen LogP contribution in [0.25, 0.3) is 21.5 Å². The molecule has 21 heavy (non-hydrogen) atoms. The molecule has 0 spiro atoms. The van der Waals surface area contributed by atoms with Gasteiger partial charge in [-0.05, 0) is 34.2 Å². The Kier molecular flexibility index (Phi) is 5.23. The topological polar surface area (TPSA) is 37.3 Å². The molecular formula is C16H14Cl2O2Si. The van der Waals surface area contributed by atoms with Crippen LogP contribution in [0.3, 0.4) is 0 Å². The zero-order valence-electron chi connectivity index (χ0n) is 11.4. The van der Waals surface area contributed by atoms with E-state index in [9.17, 15) is 9.90 Å². The molecule has 3 aromatic carbocycles. The van der Waals surface area contributed by atoms with E-state index in [-0.39, 0.29) is 0 Å². The summed E-state index contributed by atoms with van der Waals surface area (Å²) in [5.41, 5.74) is 0.388. The molecule has 5 heteroatoms. The van der Waals surface area contributed by atoms with Gasteiger partial charge in [-0.2, -0.15) is 22.2 Å². The summed E-state index contributed by atoms with van der Waals surface area (Å²) in [6, 6.07) is 17.2. The van der Waals surface area contributed by atoms with E-state index in [2.05, 4.69) is 0 Å². The third-order valence-electron chi connectivity index (χ3n) is 2.99. The predicted octanol–water partition coefficient (Wildman–Crippen LogP) is 5.01. The van der Waals surface area contributed by atoms with Crippen molar-refractivity contribution < 1.29 is 9.90 Å². The van der Waals surface area contributed by atoms with Crippen molar-refractivity contribution in [2.75, 3.05) is 0 Å². The van der Waals surface area contributed by atoms with Gasteiger partial charge in [-0.1, -0.05) is 48.5 Å². The van der Waals surface area contributed by atoms with Gasteiger partial charge in [0.05, 0.1) is 5.56 Å². The Hall–Kier alpha value is -1.55. The zero-order valence-corrected chi connectivity index (χ0v) is 14.1. The number of carbonyl (C=O) groups is 1. The highest BCUT2D eigenvalue weighted by atomic mass is 35.7. The highest BCUT2D eigenvalue weighted by Crippen LogP contribution is 2.28. The molecule has 108 valence electrons. The first-order valence-electron chi connectivity index (χ1n) is 6.42. The van der Waals surface area contributed by atoms with E-state index in [0.29, 0.717) is 5.56 Å². The molecule has 0 atom stereocenters. The summed E-state index contributed by atoms with van der Waals surface area (Å²) in [5, 5.41) is 12.9. The maximum Gasteiger partial charge on any atom is 0.336 e. The third kappa shape index (κ3) is 3.76. The summed E-state index contributed by atoms with van der Waals surface area (Å²) < 4.78 is 0. The minimum atomic E-state index is -1.19. The van der Waals surface area contributed by atoms with Crippen molar-refractivity contribution in [1.29, 1.82) is 0 Å². The Bertz CT molecular complexity index is 731. The summed E-state index contributed by atoms with van der Waals surface area (Å²) in [7, 11) is -1.19. The molecule has 0 heterocycles. The van der Waals surface area contributed by atoms with Crippen molar-refractivity contribution in [3.05, 3.63) is 60.2 Å². The van der Waals surface area contributed by atoms with E-state index >= 15 is 0 Å². The molecule has 0 unspecified atom stereocenters. The number of hydrogen-bond donors (Lipinski definition) is 1. The summed E-state index contributed by atoms with van der Waals surface area (Å²) >= 11 is 10.4. The van der Waals surface area contributed by atoms with Crippen LogP contribution in [-0.4, -0.2) is 18.5 Å². The lowest BCUT2D eigenvalue weighted by atomic mass is 9.97. The highest BCUT2D eigenvalue weighted by Gasteiger charge is 2.12. The molecule has 0 amide bonds. The van der Waals surface area contributed by atoms with E-state index in [1.54, 1.807) is 0 Å². The van der Waals surface area contributed by atoms with Gasteiger partial charge < -0.3 is 5.11 Å². The number of rotatable bonds is 1. The lowest BCUT2D eigenvalue weighted by Crippen LogP contribution is -1.99. The van der Waals surface area contributed by atoms with E-state index in [4.69, 9.17) is 22.2 Å². The van der Waals surface area contributed by atoms with Gasteiger partial charge in [0.25, 0.3) is 0 Å². The average Bonchev–Trinajstić information content (AvgIpc) is 2.43. The van der Waals surface area contributed by atoms with Crippen LogP contribution in [0, 0.1) is 0 Å². The standard InChI is InChI=1S/C15H10O2.CH4Cl2Si/c16-15(17)14-12-7-3-1-5-10(12)9-11-6-2-4-8-13(11)14;1-4(2)3/h1-9H,(H,16,17);4H,1H3. The average molecular weight is 337 g/mol. The van der Waals surface area contributed by atoms with Gasteiger partial charge in [-0.3, -0.25) is 0 Å². The van der Waals surface area contributed by atoms with Crippen molar-refractivity contribution in [3.63, 3.8) is 0 Å². The minimum absolute atomic E-state index is 0.388. The summed E-state index contributed by atoms with van der Waals surface area (Å²) in [5.74, 6) is -0.877. The fourth-order valence-corrected chi connectivity index (χ4v) is 2.24. The van der Waals surface area contributed by atoms with Crippen molar-refractivity contribution in [1.82, 2.24) is 0 Å². The second-order valence-electron chi connectivity index (χ2n) is 4.52. The molecule has 0 fully saturated rings. The summed E-state index contributed by atoms with van der Waals surface area (Å²) in [6.07, 6.45) is 0. The monoisotopic (exact) mass is 336 g/mol. The van der Waals surface area contributed by atoms with Crippen LogP contribution in [0.15, 0.2) is 54.6 Å². The van der Waals surface area contributed by atoms with E-state index in [0.717, 1.165) is 21.5 Å². The number of benzene rings is 3. The number of carboxylic acids is 1. The second-order valence-corrected chi connectivity index (χ2v) is 10.2. The minimum Gasteiger partial charge on any atom is -0.478 e. The molecule has 0 aliphatic rings. The summed E-state index contributed by atoms with van der Waals surface area (Å²) in [6.45, 7) is 1.84. The largest absolute Gasteiger partial charge is 0.478 e. The van der Waals surface area contributed by atoms with Crippen LogP contribution in [0.2, 0.25) is 6.55 Å². The van der Waals surface area contributed by atoms with Crippen LogP contribution < -0.4 is 0 Å². The molecule has 0 saturated carbocycles. The van der Waals surface area contributed by atoms with Gasteiger partial charge in [-0.15, -0.1) is 0 Å². The first-order chi connectivity index (χ1) is 10.0. The first kappa shape index (κ1) is 15.8. The molecule has 0 bridgehead atoms. The number of hydrogen-bond acceptors (Lipinski definition) is 1. The molecule has 1 N–H and O–H groups in total. The SMILES string of the molecule is C[SiH](Cl)Cl.O=C(O)c1c2ccccc2cc2ccccc12. The Labute approximate surface area is 133 Å². The molecule has 2 nitrogen and oxygen atoms in total. The Morgan fingerprint density at radius 1 is 0.952 bits per heavy atom. The molecule has 0 aliphatic carbocycles. The van der Waals surface area contributed by atoms with Gasteiger partial charge in [0.1, 0.15) is 0 Å². The van der Waals surface area contributed by atoms with E-state index in [1.807, 2.05) is 61.1 Å². The molecular weight excluding hydrogens is 323 g/mol. The van der Waals surface area contributed by atoms with Gasteiger partial charge in [0, 0.05) is 0 Å². The van der Waals surface area contributed by atoms with Gasteiger partial charge in [-0.25, -0.2) is 4.79 Å². The van der Waals surface area contributed by atoms with Crippen LogP contribution >= 0.6 is 22.2 Å². The number of halogens is 2.